The number of halogens is 1. The third-order valence-electron chi connectivity index (χ3n) is 6.99. The second-order valence-corrected chi connectivity index (χ2v) is 10.8. The highest BCUT2D eigenvalue weighted by atomic mass is 35.5. The lowest BCUT2D eigenvalue weighted by atomic mass is 9.94. The van der Waals surface area contributed by atoms with Gasteiger partial charge in [0.15, 0.2) is 4.80 Å². The van der Waals surface area contributed by atoms with Crippen LogP contribution in [0, 0.1) is 5.92 Å². The number of fused-ring (bicyclic) bond motifs is 1. The molecule has 0 N–H and O–H groups in total. The summed E-state index contributed by atoms with van der Waals surface area (Å²) < 4.78 is 1.93. The minimum absolute atomic E-state index is 0.164. The average molecular weight is 562 g/mol. The highest BCUT2D eigenvalue weighted by Gasteiger charge is 2.36. The van der Waals surface area contributed by atoms with E-state index in [1.807, 2.05) is 56.3 Å². The van der Waals surface area contributed by atoms with Gasteiger partial charge >= 0.3 is 0 Å². The van der Waals surface area contributed by atoms with Crippen molar-refractivity contribution in [1.29, 1.82) is 0 Å². The topological polar surface area (TPSA) is 87.3 Å². The molecule has 5 rings (SSSR count). The number of allylic oxidation sites excluding steroid dienone is 1. The van der Waals surface area contributed by atoms with Crippen LogP contribution in [0.2, 0.25) is 5.02 Å². The highest BCUT2D eigenvalue weighted by molar-refractivity contribution is 7.07. The van der Waals surface area contributed by atoms with Crippen molar-refractivity contribution in [2.45, 2.75) is 33.7 Å². The molecule has 0 saturated carbocycles. The molecule has 0 saturated heterocycles. The van der Waals surface area contributed by atoms with Gasteiger partial charge in [0.05, 0.1) is 33.2 Å². The van der Waals surface area contributed by atoms with Gasteiger partial charge in [0.1, 0.15) is 5.92 Å². The van der Waals surface area contributed by atoms with E-state index in [9.17, 15) is 14.4 Å². The Morgan fingerprint density at radius 3 is 2.36 bits per heavy atom. The fourth-order valence-electron chi connectivity index (χ4n) is 4.93. The number of likely N-dealkylation sites (N-methyl/N-ethyl adjacent to an activating group) is 1. The first kappa shape index (κ1) is 26.8. The monoisotopic (exact) mass is 561 g/mol. The van der Waals surface area contributed by atoms with Crippen LogP contribution in [-0.2, 0) is 9.59 Å². The van der Waals surface area contributed by atoms with E-state index in [4.69, 9.17) is 16.6 Å². The van der Waals surface area contributed by atoms with Crippen LogP contribution in [0.15, 0.2) is 80.8 Å². The minimum Gasteiger partial charge on any atom is -0.339 e. The molecule has 0 aliphatic carbocycles. The number of amides is 2. The quantitative estimate of drug-likeness (QED) is 0.459. The van der Waals surface area contributed by atoms with Gasteiger partial charge in [-0.2, -0.15) is 10.1 Å². The van der Waals surface area contributed by atoms with Crippen LogP contribution in [0.5, 0.6) is 0 Å². The van der Waals surface area contributed by atoms with Gasteiger partial charge in [-0.15, -0.1) is 0 Å². The number of para-hydroxylation sites is 1. The molecule has 0 fully saturated rings. The van der Waals surface area contributed by atoms with Gasteiger partial charge in [-0.05, 0) is 63.6 Å². The van der Waals surface area contributed by atoms with Crippen LogP contribution in [0.25, 0.3) is 6.08 Å². The molecule has 0 bridgehead atoms. The normalized spacial score (nSPS) is 19.2. The average Bonchev–Trinajstić information content (AvgIpc) is 3.39. The molecular formula is C29H28ClN5O3S. The van der Waals surface area contributed by atoms with Crippen molar-refractivity contribution in [2.24, 2.45) is 16.0 Å². The molecule has 10 heteroatoms. The summed E-state index contributed by atoms with van der Waals surface area (Å²) in [6.45, 7) is 8.48. The van der Waals surface area contributed by atoms with Gasteiger partial charge in [0, 0.05) is 18.1 Å². The lowest BCUT2D eigenvalue weighted by Crippen LogP contribution is -2.43. The summed E-state index contributed by atoms with van der Waals surface area (Å²) in [5.74, 6) is -1.08. The Balaban J connectivity index is 1.64. The Morgan fingerprint density at radius 2 is 1.72 bits per heavy atom. The van der Waals surface area contributed by atoms with Gasteiger partial charge in [-0.3, -0.25) is 19.0 Å². The molecule has 2 atom stereocenters. The van der Waals surface area contributed by atoms with Crippen molar-refractivity contribution in [3.05, 3.63) is 96.1 Å². The number of benzene rings is 2. The van der Waals surface area contributed by atoms with E-state index in [0.717, 1.165) is 5.56 Å². The summed E-state index contributed by atoms with van der Waals surface area (Å²) in [5, 5.41) is 6.38. The number of carbonyl (C=O) groups is 2. The van der Waals surface area contributed by atoms with Crippen molar-refractivity contribution in [2.75, 3.05) is 18.1 Å². The Bertz CT molecular complexity index is 1680. The maximum atomic E-state index is 13.9. The third kappa shape index (κ3) is 4.77. The maximum absolute atomic E-state index is 13.9. The van der Waals surface area contributed by atoms with E-state index in [1.54, 1.807) is 41.5 Å². The first-order chi connectivity index (χ1) is 18.7. The number of rotatable bonds is 6. The Labute approximate surface area is 234 Å². The van der Waals surface area contributed by atoms with Gasteiger partial charge < -0.3 is 4.90 Å². The summed E-state index contributed by atoms with van der Waals surface area (Å²) in [6, 6.07) is 15.7. The number of hydrogen-bond donors (Lipinski definition) is 0. The van der Waals surface area contributed by atoms with Gasteiger partial charge in [-0.1, -0.05) is 53.3 Å². The number of thiazole rings is 1. The molecule has 1 aromatic heterocycles. The molecule has 8 nitrogen and oxygen atoms in total. The molecule has 2 aliphatic rings. The van der Waals surface area contributed by atoms with Gasteiger partial charge in [0.25, 0.3) is 17.4 Å². The number of carbonyl (C=O) groups excluding carboxylic acids is 2. The van der Waals surface area contributed by atoms with E-state index in [2.05, 4.69) is 5.10 Å². The zero-order chi connectivity index (χ0) is 27.8. The van der Waals surface area contributed by atoms with Gasteiger partial charge in [-0.25, -0.2) is 4.99 Å². The van der Waals surface area contributed by atoms with Crippen molar-refractivity contribution in [3.63, 3.8) is 0 Å². The highest BCUT2D eigenvalue weighted by Crippen LogP contribution is 2.32. The number of hydrazone groups is 1. The van der Waals surface area contributed by atoms with Crippen LogP contribution in [-0.4, -0.2) is 40.1 Å². The zero-order valence-corrected chi connectivity index (χ0v) is 23.7. The van der Waals surface area contributed by atoms with Crippen LogP contribution >= 0.6 is 22.9 Å². The first-order valence-electron chi connectivity index (χ1n) is 12.8. The van der Waals surface area contributed by atoms with E-state index in [1.165, 1.54) is 16.3 Å². The van der Waals surface area contributed by atoms with Gasteiger partial charge in [0.2, 0.25) is 0 Å². The standard InChI is InChI=1S/C29H28ClN5O3S/c1-5-33(6-2)28(38)24-18(4)31-29-34(25(24)19-12-14-20(30)15-13-19)27(37)23(39-29)16-22-17(3)32-35(26(22)36)21-10-8-7-9-11-21/h7-16,22,25H,5-6H2,1-4H3/b23-16-/t22-,25+/m0/s1. The maximum Gasteiger partial charge on any atom is 0.270 e. The van der Waals surface area contributed by atoms with E-state index in [-0.39, 0.29) is 17.4 Å². The Hall–Kier alpha value is -3.82. The van der Waals surface area contributed by atoms with Crippen LogP contribution in [0.4, 0.5) is 5.69 Å². The van der Waals surface area contributed by atoms with Crippen molar-refractivity contribution in [3.8, 4) is 0 Å². The van der Waals surface area contributed by atoms with Crippen molar-refractivity contribution >= 4 is 52.2 Å². The SMILES string of the molecule is CCN(CC)C(=O)C1=C(C)N=c2s/c(=C\[C@@H]3C(=O)N(c4ccccc4)N=C3C)c(=O)n2[C@@H]1c1ccc(Cl)cc1. The Morgan fingerprint density at radius 1 is 1.05 bits per heavy atom. The molecule has 200 valence electrons. The van der Waals surface area contributed by atoms with E-state index < -0.39 is 12.0 Å². The Kier molecular flexibility index (Phi) is 7.38. The molecule has 3 aromatic rings. The second-order valence-electron chi connectivity index (χ2n) is 9.34. The molecular weight excluding hydrogens is 534 g/mol. The summed E-state index contributed by atoms with van der Waals surface area (Å²) >= 11 is 7.37. The van der Waals surface area contributed by atoms with E-state index >= 15 is 0 Å². The summed E-state index contributed by atoms with van der Waals surface area (Å²) in [4.78, 5) is 47.8. The second kappa shape index (κ2) is 10.7. The largest absolute Gasteiger partial charge is 0.339 e. The molecule has 3 heterocycles. The van der Waals surface area contributed by atoms with Crippen molar-refractivity contribution < 1.29 is 9.59 Å². The predicted octanol–water partition coefficient (Wildman–Crippen LogP) is 3.75. The smallest absolute Gasteiger partial charge is 0.270 e. The number of anilines is 1. The molecule has 2 aliphatic heterocycles. The minimum atomic E-state index is -0.682. The molecule has 39 heavy (non-hydrogen) atoms. The van der Waals surface area contributed by atoms with Crippen LogP contribution < -0.4 is 19.9 Å². The molecule has 2 aromatic carbocycles. The number of nitrogens with zero attached hydrogens (tertiary/aromatic N) is 5. The summed E-state index contributed by atoms with van der Waals surface area (Å²) in [5.41, 5.74) is 2.71. The summed E-state index contributed by atoms with van der Waals surface area (Å²) in [6.07, 6.45) is 1.66. The summed E-state index contributed by atoms with van der Waals surface area (Å²) in [7, 11) is 0. The fraction of sp³-hybridized carbons (Fsp3) is 0.276. The molecule has 0 unspecified atom stereocenters. The fourth-order valence-corrected chi connectivity index (χ4v) is 6.11. The lowest BCUT2D eigenvalue weighted by molar-refractivity contribution is -0.127. The predicted molar refractivity (Wildman–Crippen MR) is 155 cm³/mol. The van der Waals surface area contributed by atoms with Crippen LogP contribution in [0.1, 0.15) is 39.3 Å². The molecule has 0 spiro atoms. The number of aromatic nitrogens is 1. The zero-order valence-electron chi connectivity index (χ0n) is 22.1. The first-order valence-corrected chi connectivity index (χ1v) is 14.0. The van der Waals surface area contributed by atoms with Crippen molar-refractivity contribution in [1.82, 2.24) is 9.47 Å². The molecule has 0 radical (unpaired) electrons. The van der Waals surface area contributed by atoms with E-state index in [0.29, 0.717) is 50.1 Å². The number of hydrogen-bond acceptors (Lipinski definition) is 6. The van der Waals surface area contributed by atoms with Crippen LogP contribution in [0.3, 0.4) is 0 Å². The lowest BCUT2D eigenvalue weighted by Gasteiger charge is -2.29. The molecule has 2 amide bonds. The third-order valence-corrected chi connectivity index (χ3v) is 8.24.